The van der Waals surface area contributed by atoms with Crippen LogP contribution in [0.5, 0.6) is 5.75 Å². The molecule has 1 aromatic rings. The van der Waals surface area contributed by atoms with Crippen LogP contribution >= 0.6 is 0 Å². The zero-order valence-electron chi connectivity index (χ0n) is 11.9. The average Bonchev–Trinajstić information content (AvgIpc) is 2.40. The third-order valence-electron chi connectivity index (χ3n) is 3.71. The minimum Gasteiger partial charge on any atom is -0.495 e. The molecule has 0 bridgehead atoms. The van der Waals surface area contributed by atoms with Crippen LogP contribution < -0.4 is 10.5 Å². The van der Waals surface area contributed by atoms with Gasteiger partial charge in [-0.2, -0.15) is 0 Å². The summed E-state index contributed by atoms with van der Waals surface area (Å²) in [6, 6.07) is 6.05. The summed E-state index contributed by atoms with van der Waals surface area (Å²) in [4.78, 5) is 2.48. The zero-order chi connectivity index (χ0) is 13.7. The van der Waals surface area contributed by atoms with Gasteiger partial charge >= 0.3 is 0 Å². The molecule has 2 rings (SSSR count). The second-order valence-corrected chi connectivity index (χ2v) is 5.28. The van der Waals surface area contributed by atoms with Gasteiger partial charge in [-0.05, 0) is 43.0 Å². The van der Waals surface area contributed by atoms with Gasteiger partial charge in [0.1, 0.15) is 5.75 Å². The second-order valence-electron chi connectivity index (χ2n) is 5.28. The third-order valence-corrected chi connectivity index (χ3v) is 3.71. The third kappa shape index (κ3) is 3.85. The molecule has 1 aliphatic heterocycles. The van der Waals surface area contributed by atoms with Crippen molar-refractivity contribution in [1.82, 2.24) is 4.90 Å². The van der Waals surface area contributed by atoms with Crippen molar-refractivity contribution in [2.75, 3.05) is 39.6 Å². The summed E-state index contributed by atoms with van der Waals surface area (Å²) < 4.78 is 10.4. The molecule has 1 heterocycles. The number of nitrogens with two attached hydrogens (primary N) is 1. The van der Waals surface area contributed by atoms with Crippen molar-refractivity contribution in [3.8, 4) is 5.75 Å². The van der Waals surface area contributed by atoms with Gasteiger partial charge in [-0.25, -0.2) is 0 Å². The summed E-state index contributed by atoms with van der Waals surface area (Å²) in [5, 5.41) is 0. The molecule has 0 aromatic heterocycles. The highest BCUT2D eigenvalue weighted by molar-refractivity contribution is 5.54. The lowest BCUT2D eigenvalue weighted by Gasteiger charge is -2.32. The molecule has 1 aliphatic rings. The highest BCUT2D eigenvalue weighted by Gasteiger charge is 2.19. The molecule has 106 valence electrons. The van der Waals surface area contributed by atoms with Gasteiger partial charge in [0.25, 0.3) is 0 Å². The maximum Gasteiger partial charge on any atom is 0.141 e. The summed E-state index contributed by atoms with van der Waals surface area (Å²) in [5.41, 5.74) is 7.91. The number of piperidine rings is 1. The van der Waals surface area contributed by atoms with Crippen LogP contribution in [0.2, 0.25) is 0 Å². The van der Waals surface area contributed by atoms with E-state index in [1.807, 2.05) is 12.1 Å². The maximum atomic E-state index is 5.95. The lowest BCUT2D eigenvalue weighted by atomic mass is 9.98. The first kappa shape index (κ1) is 14.2. The molecule has 2 N–H and O–H groups in total. The van der Waals surface area contributed by atoms with Crippen LogP contribution in [0.1, 0.15) is 18.4 Å². The lowest BCUT2D eigenvalue weighted by molar-refractivity contribution is 0.0874. The maximum absolute atomic E-state index is 5.95. The Kier molecular flexibility index (Phi) is 5.05. The Morgan fingerprint density at radius 3 is 2.89 bits per heavy atom. The molecule has 19 heavy (non-hydrogen) atoms. The number of nitrogen functional groups attached to an aromatic ring is 1. The fourth-order valence-corrected chi connectivity index (χ4v) is 2.81. The lowest BCUT2D eigenvalue weighted by Crippen LogP contribution is -2.36. The van der Waals surface area contributed by atoms with E-state index in [1.165, 1.54) is 18.4 Å². The van der Waals surface area contributed by atoms with E-state index in [0.717, 1.165) is 32.0 Å². The molecule has 0 radical (unpaired) electrons. The van der Waals surface area contributed by atoms with Crippen molar-refractivity contribution >= 4 is 5.69 Å². The van der Waals surface area contributed by atoms with Gasteiger partial charge in [0.05, 0.1) is 19.4 Å². The molecule has 1 atom stereocenters. The van der Waals surface area contributed by atoms with E-state index in [9.17, 15) is 0 Å². The number of methoxy groups -OCH3 is 2. The number of ether oxygens (including phenoxy) is 2. The highest BCUT2D eigenvalue weighted by atomic mass is 16.5. The van der Waals surface area contributed by atoms with Crippen LogP contribution in [0.25, 0.3) is 0 Å². The van der Waals surface area contributed by atoms with Crippen LogP contribution in [-0.2, 0) is 11.3 Å². The summed E-state index contributed by atoms with van der Waals surface area (Å²) in [5.74, 6) is 1.41. The van der Waals surface area contributed by atoms with E-state index < -0.39 is 0 Å². The van der Waals surface area contributed by atoms with Crippen molar-refractivity contribution in [1.29, 1.82) is 0 Å². The summed E-state index contributed by atoms with van der Waals surface area (Å²) in [7, 11) is 3.43. The predicted molar refractivity (Wildman–Crippen MR) is 77.3 cm³/mol. The number of hydrogen-bond acceptors (Lipinski definition) is 4. The Balaban J connectivity index is 1.94. The van der Waals surface area contributed by atoms with Gasteiger partial charge in [0.15, 0.2) is 0 Å². The molecular weight excluding hydrogens is 240 g/mol. The molecule has 0 saturated carbocycles. The van der Waals surface area contributed by atoms with Crippen LogP contribution in [0.15, 0.2) is 18.2 Å². The standard InChI is InChI=1S/C15H24N2O2/c1-18-11-13-4-3-7-17(10-13)9-12-5-6-15(19-2)14(16)8-12/h5-6,8,13H,3-4,7,9-11,16H2,1-2H3. The first-order valence-corrected chi connectivity index (χ1v) is 6.86. The monoisotopic (exact) mass is 264 g/mol. The summed E-state index contributed by atoms with van der Waals surface area (Å²) >= 11 is 0. The van der Waals surface area contributed by atoms with Crippen molar-refractivity contribution in [2.24, 2.45) is 5.92 Å². The van der Waals surface area contributed by atoms with Gasteiger partial charge in [0.2, 0.25) is 0 Å². The molecule has 0 aliphatic carbocycles. The summed E-state index contributed by atoms with van der Waals surface area (Å²) in [6.45, 7) is 4.08. The van der Waals surface area contributed by atoms with Gasteiger partial charge in [0, 0.05) is 20.2 Å². The fourth-order valence-electron chi connectivity index (χ4n) is 2.81. The summed E-state index contributed by atoms with van der Waals surface area (Å²) in [6.07, 6.45) is 2.52. The first-order valence-electron chi connectivity index (χ1n) is 6.86. The average molecular weight is 264 g/mol. The Bertz CT molecular complexity index is 407. The number of hydrogen-bond donors (Lipinski definition) is 1. The van der Waals surface area contributed by atoms with E-state index in [0.29, 0.717) is 11.6 Å². The van der Waals surface area contributed by atoms with E-state index in [-0.39, 0.29) is 0 Å². The number of likely N-dealkylation sites (tertiary alicyclic amines) is 1. The minimum absolute atomic E-state index is 0.661. The van der Waals surface area contributed by atoms with Gasteiger partial charge in [-0.3, -0.25) is 4.90 Å². The number of rotatable bonds is 5. The Labute approximate surface area is 115 Å². The normalized spacial score (nSPS) is 20.4. The number of nitrogens with zero attached hydrogens (tertiary/aromatic N) is 1. The molecular formula is C15H24N2O2. The molecule has 1 fully saturated rings. The largest absolute Gasteiger partial charge is 0.495 e. The van der Waals surface area contributed by atoms with Crippen LogP contribution in [0, 0.1) is 5.92 Å². The second kappa shape index (κ2) is 6.78. The molecule has 4 nitrogen and oxygen atoms in total. The zero-order valence-corrected chi connectivity index (χ0v) is 11.9. The van der Waals surface area contributed by atoms with E-state index in [2.05, 4.69) is 11.0 Å². The topological polar surface area (TPSA) is 47.7 Å². The van der Waals surface area contributed by atoms with Crippen LogP contribution in [0.4, 0.5) is 5.69 Å². The highest BCUT2D eigenvalue weighted by Crippen LogP contribution is 2.24. The van der Waals surface area contributed by atoms with E-state index in [1.54, 1.807) is 14.2 Å². The van der Waals surface area contributed by atoms with E-state index >= 15 is 0 Å². The molecule has 1 aromatic carbocycles. The van der Waals surface area contributed by atoms with E-state index in [4.69, 9.17) is 15.2 Å². The smallest absolute Gasteiger partial charge is 0.141 e. The minimum atomic E-state index is 0.661. The van der Waals surface area contributed by atoms with Gasteiger partial charge in [-0.1, -0.05) is 6.07 Å². The number of benzene rings is 1. The quantitative estimate of drug-likeness (QED) is 0.828. The molecule has 4 heteroatoms. The molecule has 1 saturated heterocycles. The predicted octanol–water partition coefficient (Wildman–Crippen LogP) is 2.14. The van der Waals surface area contributed by atoms with Crippen molar-refractivity contribution in [3.05, 3.63) is 23.8 Å². The Morgan fingerprint density at radius 1 is 1.37 bits per heavy atom. The number of anilines is 1. The SMILES string of the molecule is COCC1CCCN(Cc2ccc(OC)c(N)c2)C1. The van der Waals surface area contributed by atoms with Crippen molar-refractivity contribution < 1.29 is 9.47 Å². The van der Waals surface area contributed by atoms with Crippen molar-refractivity contribution in [2.45, 2.75) is 19.4 Å². The Hall–Kier alpha value is -1.26. The molecule has 0 spiro atoms. The first-order chi connectivity index (χ1) is 9.22. The molecule has 0 amide bonds. The van der Waals surface area contributed by atoms with Gasteiger partial charge in [-0.15, -0.1) is 0 Å². The Morgan fingerprint density at radius 2 is 2.21 bits per heavy atom. The van der Waals surface area contributed by atoms with Gasteiger partial charge < -0.3 is 15.2 Å². The van der Waals surface area contributed by atoms with Crippen LogP contribution in [0.3, 0.4) is 0 Å². The van der Waals surface area contributed by atoms with Crippen LogP contribution in [-0.4, -0.2) is 38.8 Å². The molecule has 1 unspecified atom stereocenters. The fraction of sp³-hybridized carbons (Fsp3) is 0.600. The van der Waals surface area contributed by atoms with Crippen molar-refractivity contribution in [3.63, 3.8) is 0 Å².